The number of carbonyl (C=O) groups is 1. The van der Waals surface area contributed by atoms with Crippen molar-refractivity contribution in [1.29, 1.82) is 0 Å². The van der Waals surface area contributed by atoms with Crippen molar-refractivity contribution in [3.8, 4) is 0 Å². The van der Waals surface area contributed by atoms with Gasteiger partial charge in [0.15, 0.2) is 0 Å². The van der Waals surface area contributed by atoms with E-state index in [9.17, 15) is 4.79 Å². The monoisotopic (exact) mass is 580 g/mol. The van der Waals surface area contributed by atoms with Crippen LogP contribution in [0.1, 0.15) is 88.0 Å². The Balaban J connectivity index is 4.73. The van der Waals surface area contributed by atoms with Crippen LogP contribution in [-0.2, 0) is 9.53 Å². The Kier molecular flexibility index (Phi) is 22.4. The number of hydrogen-bond donors (Lipinski definition) is 0. The van der Waals surface area contributed by atoms with Gasteiger partial charge in [0, 0.05) is 5.57 Å². The number of allylic oxidation sites excluding steroid dienone is 25. The molecule has 0 rings (SSSR count). The van der Waals surface area contributed by atoms with Gasteiger partial charge >= 0.3 is 5.97 Å². The largest absolute Gasteiger partial charge is 0.466 e. The van der Waals surface area contributed by atoms with Crippen molar-refractivity contribution in [1.82, 2.24) is 0 Å². The van der Waals surface area contributed by atoms with E-state index in [1.807, 2.05) is 6.08 Å². The first-order chi connectivity index (χ1) is 20.4. The van der Waals surface area contributed by atoms with Crippen molar-refractivity contribution in [2.45, 2.75) is 88.0 Å². The Morgan fingerprint density at radius 3 is 1.21 bits per heavy atom. The molecule has 232 valence electrons. The molecule has 0 aromatic carbocycles. The molecule has 0 saturated heterocycles. The quantitative estimate of drug-likeness (QED) is 0.0740. The third kappa shape index (κ3) is 24.4. The minimum absolute atomic E-state index is 0.265. The predicted molar refractivity (Wildman–Crippen MR) is 192 cm³/mol. The molecule has 0 aliphatic heterocycles. The van der Waals surface area contributed by atoms with Gasteiger partial charge in [-0.15, -0.1) is 0 Å². The van der Waals surface area contributed by atoms with Gasteiger partial charge in [0.2, 0.25) is 0 Å². The lowest BCUT2D eigenvalue weighted by molar-refractivity contribution is -0.136. The standard InChI is InChI=1S/C41H56O2/c1-33(2)19-13-22-36(5)25-16-28-37(6)26-14-23-34(3)20-11-12-21-35(4)24-15-27-38(7)29-17-30-39(8)31-18-32-40(9)41(42)43-10/h11-12,14-17,19-21,23-30,32H,13,18,22,31H2,1-10H3/b12-11+,23-14+,24-15+,28-16+,29-17+,34-20+,35-21+,36-25+,37-26+,38-27+,39-30+,40-32+. The molecular formula is C41H56O2. The van der Waals surface area contributed by atoms with Gasteiger partial charge in [-0.2, -0.15) is 0 Å². The fourth-order valence-electron chi connectivity index (χ4n) is 3.58. The first-order valence-electron chi connectivity index (χ1n) is 15.2. The normalized spacial score (nSPS) is 15.3. The molecule has 2 heteroatoms. The Hall–Kier alpha value is -3.91. The van der Waals surface area contributed by atoms with Crippen LogP contribution >= 0.6 is 0 Å². The van der Waals surface area contributed by atoms with Crippen LogP contribution in [0.4, 0.5) is 0 Å². The first kappa shape index (κ1) is 39.1. The fraction of sp³-hybridized carbons (Fsp3) is 0.341. The van der Waals surface area contributed by atoms with E-state index in [-0.39, 0.29) is 5.97 Å². The Morgan fingerprint density at radius 2 is 0.837 bits per heavy atom. The molecule has 0 aliphatic rings. The molecule has 0 aromatic heterocycles. The third-order valence-electron chi connectivity index (χ3n) is 6.33. The van der Waals surface area contributed by atoms with E-state index >= 15 is 0 Å². The van der Waals surface area contributed by atoms with Crippen LogP contribution in [0.5, 0.6) is 0 Å². The van der Waals surface area contributed by atoms with Gasteiger partial charge in [-0.05, 0) is 88.0 Å². The van der Waals surface area contributed by atoms with Gasteiger partial charge in [0.05, 0.1) is 7.11 Å². The van der Waals surface area contributed by atoms with Gasteiger partial charge < -0.3 is 4.74 Å². The maximum Gasteiger partial charge on any atom is 0.333 e. The number of esters is 1. The number of ether oxygens (including phenoxy) is 1. The summed E-state index contributed by atoms with van der Waals surface area (Å²) in [5.41, 5.74) is 9.49. The summed E-state index contributed by atoms with van der Waals surface area (Å²) in [6, 6.07) is 0. The second kappa shape index (κ2) is 24.7. The van der Waals surface area contributed by atoms with Gasteiger partial charge in [0.1, 0.15) is 0 Å². The van der Waals surface area contributed by atoms with Crippen LogP contribution in [0.15, 0.2) is 154 Å². The molecule has 0 radical (unpaired) electrons. The van der Waals surface area contributed by atoms with Crippen LogP contribution in [0.2, 0.25) is 0 Å². The first-order valence-corrected chi connectivity index (χ1v) is 15.2. The predicted octanol–water partition coefficient (Wildman–Crippen LogP) is 12.1. The lowest BCUT2D eigenvalue weighted by Gasteiger charge is -1.99. The molecule has 0 spiro atoms. The summed E-state index contributed by atoms with van der Waals surface area (Å²) in [5, 5.41) is 0. The van der Waals surface area contributed by atoms with Crippen molar-refractivity contribution in [3.05, 3.63) is 154 Å². The number of rotatable bonds is 17. The molecular weight excluding hydrogens is 524 g/mol. The highest BCUT2D eigenvalue weighted by atomic mass is 16.5. The lowest BCUT2D eigenvalue weighted by Crippen LogP contribution is -2.01. The number of methoxy groups -OCH3 is 1. The molecule has 0 atom stereocenters. The summed E-state index contributed by atoms with van der Waals surface area (Å²) < 4.78 is 4.72. The Labute approximate surface area is 264 Å². The molecule has 0 bridgehead atoms. The van der Waals surface area contributed by atoms with E-state index in [1.54, 1.807) is 6.92 Å². The van der Waals surface area contributed by atoms with E-state index in [2.05, 4.69) is 159 Å². The van der Waals surface area contributed by atoms with Gasteiger partial charge in [-0.3, -0.25) is 0 Å². The molecule has 0 aromatic rings. The van der Waals surface area contributed by atoms with Crippen LogP contribution in [0, 0.1) is 0 Å². The molecule has 0 aliphatic carbocycles. The third-order valence-corrected chi connectivity index (χ3v) is 6.33. The highest BCUT2D eigenvalue weighted by molar-refractivity contribution is 5.87. The summed E-state index contributed by atoms with van der Waals surface area (Å²) in [5.74, 6) is -0.265. The van der Waals surface area contributed by atoms with Gasteiger partial charge in [0.25, 0.3) is 0 Å². The number of hydrogen-bond acceptors (Lipinski definition) is 2. The topological polar surface area (TPSA) is 26.3 Å². The molecule has 0 saturated carbocycles. The summed E-state index contributed by atoms with van der Waals surface area (Å²) in [6.45, 7) is 18.8. The Morgan fingerprint density at radius 1 is 0.488 bits per heavy atom. The van der Waals surface area contributed by atoms with Crippen molar-refractivity contribution in [3.63, 3.8) is 0 Å². The van der Waals surface area contributed by atoms with Crippen LogP contribution in [-0.4, -0.2) is 13.1 Å². The molecule has 0 amide bonds. The zero-order valence-electron chi connectivity index (χ0n) is 28.5. The second-order valence-electron chi connectivity index (χ2n) is 11.2. The fourth-order valence-corrected chi connectivity index (χ4v) is 3.58. The minimum atomic E-state index is -0.265. The summed E-state index contributed by atoms with van der Waals surface area (Å²) in [6.07, 6.45) is 41.9. The lowest BCUT2D eigenvalue weighted by atomic mass is 10.1. The van der Waals surface area contributed by atoms with E-state index in [4.69, 9.17) is 4.74 Å². The highest BCUT2D eigenvalue weighted by Crippen LogP contribution is 2.09. The summed E-state index contributed by atoms with van der Waals surface area (Å²) >= 11 is 0. The van der Waals surface area contributed by atoms with Crippen molar-refractivity contribution < 1.29 is 9.53 Å². The maximum absolute atomic E-state index is 11.4. The second-order valence-corrected chi connectivity index (χ2v) is 11.2. The summed E-state index contributed by atoms with van der Waals surface area (Å²) in [7, 11) is 1.41. The van der Waals surface area contributed by atoms with Crippen molar-refractivity contribution in [2.75, 3.05) is 7.11 Å². The average Bonchev–Trinajstić information content (AvgIpc) is 2.94. The van der Waals surface area contributed by atoms with E-state index in [0.29, 0.717) is 5.57 Å². The van der Waals surface area contributed by atoms with Crippen LogP contribution in [0.25, 0.3) is 0 Å². The maximum atomic E-state index is 11.4. The van der Waals surface area contributed by atoms with Crippen molar-refractivity contribution in [2.24, 2.45) is 0 Å². The zero-order chi connectivity index (χ0) is 32.5. The molecule has 43 heavy (non-hydrogen) atoms. The smallest absolute Gasteiger partial charge is 0.333 e. The van der Waals surface area contributed by atoms with Crippen molar-refractivity contribution >= 4 is 5.97 Å². The number of carbonyl (C=O) groups excluding carboxylic acids is 1. The molecule has 0 heterocycles. The molecule has 2 nitrogen and oxygen atoms in total. The Bertz CT molecular complexity index is 1260. The van der Waals surface area contributed by atoms with E-state index in [1.165, 1.54) is 46.1 Å². The summed E-state index contributed by atoms with van der Waals surface area (Å²) in [4.78, 5) is 11.4. The van der Waals surface area contributed by atoms with Gasteiger partial charge in [-0.25, -0.2) is 4.79 Å². The SMILES string of the molecule is COC(=O)/C(C)=C/CC/C(C)=C/C=C/C(C)=C/C=C/C(C)=C/C=C/C=C(C)/C=C/C=C(C)/C=C/C=C(\C)CCC=C(C)C. The van der Waals surface area contributed by atoms with Crippen LogP contribution in [0.3, 0.4) is 0 Å². The van der Waals surface area contributed by atoms with Gasteiger partial charge in [-0.1, -0.05) is 148 Å². The highest BCUT2D eigenvalue weighted by Gasteiger charge is 2.01. The molecule has 0 N–H and O–H groups in total. The van der Waals surface area contributed by atoms with E-state index in [0.717, 1.165) is 25.7 Å². The zero-order valence-corrected chi connectivity index (χ0v) is 28.5. The van der Waals surface area contributed by atoms with Crippen LogP contribution < -0.4 is 0 Å². The molecule has 0 unspecified atom stereocenters. The molecule has 0 fully saturated rings. The minimum Gasteiger partial charge on any atom is -0.466 e. The average molecular weight is 581 g/mol. The van der Waals surface area contributed by atoms with E-state index < -0.39 is 0 Å².